The number of carbonyl (C=O) groups is 2. The van der Waals surface area contributed by atoms with E-state index in [2.05, 4.69) is 10.6 Å². The van der Waals surface area contributed by atoms with Crippen molar-refractivity contribution >= 4 is 22.6 Å². The molecule has 2 rings (SSSR count). The molecule has 4 atom stereocenters. The standard InChI is InChI=1S/C21H29N3O4/c1-3-13(2)19(21(27)28)24-20(26)17(23-18(22)12-25)11-14-8-9-15-6-4-5-7-16(15)10-14/h4-10,13,17-19,23,25H,3,11-12,22H2,1-2H3,(H,24,26)(H,27,28). The Labute approximate surface area is 164 Å². The highest BCUT2D eigenvalue weighted by molar-refractivity contribution is 5.88. The fourth-order valence-corrected chi connectivity index (χ4v) is 3.08. The molecule has 0 radical (unpaired) electrons. The second-order valence-corrected chi connectivity index (χ2v) is 7.10. The van der Waals surface area contributed by atoms with E-state index >= 15 is 0 Å². The van der Waals surface area contributed by atoms with Crippen LogP contribution in [0.25, 0.3) is 10.8 Å². The Morgan fingerprint density at radius 2 is 1.82 bits per heavy atom. The summed E-state index contributed by atoms with van der Waals surface area (Å²) in [7, 11) is 0. The number of benzene rings is 2. The quantitative estimate of drug-likeness (QED) is 0.391. The van der Waals surface area contributed by atoms with Crippen LogP contribution in [-0.4, -0.2) is 46.9 Å². The van der Waals surface area contributed by atoms with E-state index in [1.807, 2.05) is 49.4 Å². The summed E-state index contributed by atoms with van der Waals surface area (Å²) >= 11 is 0. The summed E-state index contributed by atoms with van der Waals surface area (Å²) in [5.41, 5.74) is 6.68. The predicted octanol–water partition coefficient (Wildman–Crippen LogP) is 1.23. The summed E-state index contributed by atoms with van der Waals surface area (Å²) in [6, 6.07) is 12.0. The van der Waals surface area contributed by atoms with Crippen LogP contribution < -0.4 is 16.4 Å². The molecule has 2 aromatic carbocycles. The first-order valence-electron chi connectivity index (χ1n) is 9.49. The molecule has 2 aromatic rings. The number of nitrogens with two attached hydrogens (primary N) is 1. The summed E-state index contributed by atoms with van der Waals surface area (Å²) in [6.07, 6.45) is 0.149. The second-order valence-electron chi connectivity index (χ2n) is 7.10. The molecule has 0 heterocycles. The molecule has 0 bridgehead atoms. The van der Waals surface area contributed by atoms with Crippen LogP contribution in [0.1, 0.15) is 25.8 Å². The SMILES string of the molecule is CCC(C)C(NC(=O)C(Cc1ccc2ccccc2c1)NC(N)CO)C(=O)O. The molecule has 7 heteroatoms. The van der Waals surface area contributed by atoms with Gasteiger partial charge < -0.3 is 21.3 Å². The van der Waals surface area contributed by atoms with Crippen LogP contribution >= 0.6 is 0 Å². The van der Waals surface area contributed by atoms with E-state index < -0.39 is 30.1 Å². The van der Waals surface area contributed by atoms with Gasteiger partial charge in [-0.2, -0.15) is 0 Å². The van der Waals surface area contributed by atoms with Gasteiger partial charge in [0.2, 0.25) is 5.91 Å². The zero-order valence-electron chi connectivity index (χ0n) is 16.3. The van der Waals surface area contributed by atoms with Crippen molar-refractivity contribution in [3.63, 3.8) is 0 Å². The Morgan fingerprint density at radius 3 is 2.43 bits per heavy atom. The number of fused-ring (bicyclic) bond motifs is 1. The average molecular weight is 387 g/mol. The van der Waals surface area contributed by atoms with E-state index in [1.165, 1.54) is 0 Å². The number of aliphatic hydroxyl groups is 1. The Balaban J connectivity index is 2.21. The number of aliphatic carboxylic acids is 1. The van der Waals surface area contributed by atoms with Gasteiger partial charge in [-0.15, -0.1) is 0 Å². The lowest BCUT2D eigenvalue weighted by Gasteiger charge is -2.26. The first-order valence-corrected chi connectivity index (χ1v) is 9.49. The van der Waals surface area contributed by atoms with Gasteiger partial charge in [-0.05, 0) is 28.7 Å². The van der Waals surface area contributed by atoms with Crippen LogP contribution in [0.4, 0.5) is 0 Å². The number of hydrogen-bond acceptors (Lipinski definition) is 5. The third-order valence-corrected chi connectivity index (χ3v) is 4.96. The molecular formula is C21H29N3O4. The molecule has 0 aliphatic rings. The number of carboxylic acid groups (broad SMARTS) is 1. The number of hydrogen-bond donors (Lipinski definition) is 5. The van der Waals surface area contributed by atoms with Crippen molar-refractivity contribution < 1.29 is 19.8 Å². The Hall–Kier alpha value is -2.48. The first-order chi connectivity index (χ1) is 13.3. The van der Waals surface area contributed by atoms with E-state index in [0.717, 1.165) is 16.3 Å². The molecule has 1 amide bonds. The molecule has 0 fully saturated rings. The maximum atomic E-state index is 12.8. The highest BCUT2D eigenvalue weighted by Crippen LogP contribution is 2.17. The molecule has 0 aliphatic heterocycles. The topological polar surface area (TPSA) is 125 Å². The van der Waals surface area contributed by atoms with E-state index in [0.29, 0.717) is 12.8 Å². The summed E-state index contributed by atoms with van der Waals surface area (Å²) in [4.78, 5) is 24.4. The molecule has 0 spiro atoms. The summed E-state index contributed by atoms with van der Waals surface area (Å²) in [5, 5.41) is 26.3. The molecule has 152 valence electrons. The maximum absolute atomic E-state index is 12.8. The van der Waals surface area contributed by atoms with Gasteiger partial charge in [0.15, 0.2) is 0 Å². The Bertz CT molecular complexity index is 811. The Morgan fingerprint density at radius 1 is 1.14 bits per heavy atom. The van der Waals surface area contributed by atoms with Gasteiger partial charge in [-0.3, -0.25) is 10.1 Å². The highest BCUT2D eigenvalue weighted by Gasteiger charge is 2.29. The number of amides is 1. The lowest BCUT2D eigenvalue weighted by molar-refractivity contribution is -0.143. The van der Waals surface area contributed by atoms with Crippen molar-refractivity contribution in [2.75, 3.05) is 6.61 Å². The molecule has 0 saturated carbocycles. The fourth-order valence-electron chi connectivity index (χ4n) is 3.08. The molecule has 28 heavy (non-hydrogen) atoms. The van der Waals surface area contributed by atoms with Crippen LogP contribution in [0.3, 0.4) is 0 Å². The molecule has 0 aliphatic carbocycles. The van der Waals surface area contributed by atoms with Gasteiger partial charge in [0, 0.05) is 0 Å². The van der Waals surface area contributed by atoms with Gasteiger partial charge in [0.05, 0.1) is 18.8 Å². The highest BCUT2D eigenvalue weighted by atomic mass is 16.4. The van der Waals surface area contributed by atoms with E-state index in [-0.39, 0.29) is 12.5 Å². The Kier molecular flexibility index (Phi) is 7.92. The van der Waals surface area contributed by atoms with Crippen molar-refractivity contribution in [3.8, 4) is 0 Å². The first kappa shape index (κ1) is 21.8. The minimum atomic E-state index is -1.07. The summed E-state index contributed by atoms with van der Waals surface area (Å²) < 4.78 is 0. The fraction of sp³-hybridized carbons (Fsp3) is 0.429. The van der Waals surface area contributed by atoms with Crippen LogP contribution in [0, 0.1) is 5.92 Å². The monoisotopic (exact) mass is 387 g/mol. The van der Waals surface area contributed by atoms with Crippen molar-refractivity contribution in [3.05, 3.63) is 48.0 Å². The number of carboxylic acids is 1. The zero-order chi connectivity index (χ0) is 20.7. The predicted molar refractivity (Wildman–Crippen MR) is 109 cm³/mol. The lowest BCUT2D eigenvalue weighted by Crippen LogP contribution is -2.57. The van der Waals surface area contributed by atoms with E-state index in [4.69, 9.17) is 5.73 Å². The van der Waals surface area contributed by atoms with E-state index in [1.54, 1.807) is 6.92 Å². The van der Waals surface area contributed by atoms with Crippen LogP contribution in [-0.2, 0) is 16.0 Å². The molecule has 6 N–H and O–H groups in total. The second kappa shape index (κ2) is 10.2. The molecular weight excluding hydrogens is 358 g/mol. The number of aliphatic hydroxyl groups excluding tert-OH is 1. The average Bonchev–Trinajstić information content (AvgIpc) is 2.70. The number of nitrogens with one attached hydrogen (secondary N) is 2. The minimum Gasteiger partial charge on any atom is -0.480 e. The van der Waals surface area contributed by atoms with Crippen molar-refractivity contribution in [1.82, 2.24) is 10.6 Å². The molecule has 4 unspecified atom stereocenters. The van der Waals surface area contributed by atoms with Crippen LogP contribution in [0.2, 0.25) is 0 Å². The summed E-state index contributed by atoms with van der Waals surface area (Å²) in [5.74, 6) is -1.74. The van der Waals surface area contributed by atoms with Crippen molar-refractivity contribution in [2.45, 2.75) is 44.9 Å². The molecule has 7 nitrogen and oxygen atoms in total. The number of rotatable bonds is 10. The number of carbonyl (C=O) groups excluding carboxylic acids is 1. The van der Waals surface area contributed by atoms with Gasteiger partial charge in [-0.1, -0.05) is 62.7 Å². The normalized spacial score (nSPS) is 15.6. The zero-order valence-corrected chi connectivity index (χ0v) is 16.3. The largest absolute Gasteiger partial charge is 0.480 e. The van der Waals surface area contributed by atoms with Crippen LogP contribution in [0.5, 0.6) is 0 Å². The van der Waals surface area contributed by atoms with Crippen molar-refractivity contribution in [1.29, 1.82) is 0 Å². The summed E-state index contributed by atoms with van der Waals surface area (Å²) in [6.45, 7) is 3.32. The van der Waals surface area contributed by atoms with Crippen LogP contribution in [0.15, 0.2) is 42.5 Å². The molecule has 0 aromatic heterocycles. The van der Waals surface area contributed by atoms with Gasteiger partial charge in [-0.25, -0.2) is 4.79 Å². The van der Waals surface area contributed by atoms with Gasteiger partial charge in [0.25, 0.3) is 0 Å². The lowest BCUT2D eigenvalue weighted by atomic mass is 9.97. The van der Waals surface area contributed by atoms with E-state index in [9.17, 15) is 19.8 Å². The van der Waals surface area contributed by atoms with Gasteiger partial charge >= 0.3 is 5.97 Å². The van der Waals surface area contributed by atoms with Gasteiger partial charge in [0.1, 0.15) is 6.04 Å². The minimum absolute atomic E-state index is 0.214. The smallest absolute Gasteiger partial charge is 0.326 e. The third-order valence-electron chi connectivity index (χ3n) is 4.96. The maximum Gasteiger partial charge on any atom is 0.326 e. The third kappa shape index (κ3) is 5.76. The van der Waals surface area contributed by atoms with Crippen molar-refractivity contribution in [2.24, 2.45) is 11.7 Å². The molecule has 0 saturated heterocycles.